The molecule has 0 aliphatic heterocycles. The molecule has 5 nitrogen and oxygen atoms in total. The molecule has 0 heterocycles. The highest BCUT2D eigenvalue weighted by molar-refractivity contribution is 9.10. The van der Waals surface area contributed by atoms with E-state index in [9.17, 15) is 13.2 Å². The predicted octanol–water partition coefficient (Wildman–Crippen LogP) is 1.68. The van der Waals surface area contributed by atoms with Gasteiger partial charge in [-0.1, -0.05) is 34.1 Å². The zero-order chi connectivity index (χ0) is 14.5. The summed E-state index contributed by atoms with van der Waals surface area (Å²) in [6, 6.07) is 6.75. The number of halogens is 1. The Hall–Kier alpha value is -1.08. The summed E-state index contributed by atoms with van der Waals surface area (Å²) in [5.41, 5.74) is 0.952. The highest BCUT2D eigenvalue weighted by atomic mass is 79.9. The summed E-state index contributed by atoms with van der Waals surface area (Å²) in [5.74, 6) is -0.0740. The first kappa shape index (κ1) is 16.0. The van der Waals surface area contributed by atoms with Gasteiger partial charge in [0.25, 0.3) is 0 Å². The van der Waals surface area contributed by atoms with E-state index in [1.165, 1.54) is 0 Å². The number of urea groups is 1. The lowest BCUT2D eigenvalue weighted by Gasteiger charge is -2.14. The van der Waals surface area contributed by atoms with Gasteiger partial charge in [-0.2, -0.15) is 0 Å². The first-order valence-corrected chi connectivity index (χ1v) is 8.59. The minimum absolute atomic E-state index is 0.0740. The van der Waals surface area contributed by atoms with E-state index in [1.807, 2.05) is 24.3 Å². The summed E-state index contributed by atoms with van der Waals surface area (Å²) < 4.78 is 23.1. The van der Waals surface area contributed by atoms with Crippen LogP contribution in [0.25, 0.3) is 0 Å². The fraction of sp³-hybridized carbons (Fsp3) is 0.417. The Bertz CT molecular complexity index is 546. The Labute approximate surface area is 121 Å². The molecule has 1 aromatic rings. The molecule has 0 aliphatic carbocycles. The van der Waals surface area contributed by atoms with Gasteiger partial charge >= 0.3 is 6.03 Å². The lowest BCUT2D eigenvalue weighted by atomic mass is 10.2. The van der Waals surface area contributed by atoms with Crippen molar-refractivity contribution >= 4 is 31.8 Å². The molecule has 0 saturated heterocycles. The van der Waals surface area contributed by atoms with Crippen molar-refractivity contribution in [3.63, 3.8) is 0 Å². The fourth-order valence-electron chi connectivity index (χ4n) is 1.59. The van der Waals surface area contributed by atoms with Gasteiger partial charge in [0, 0.05) is 23.3 Å². The largest absolute Gasteiger partial charge is 0.335 e. The van der Waals surface area contributed by atoms with Crippen molar-refractivity contribution in [3.05, 3.63) is 34.3 Å². The lowest BCUT2D eigenvalue weighted by molar-refractivity contribution is 0.238. The average Bonchev–Trinajstić information content (AvgIpc) is 2.25. The molecule has 0 aromatic heterocycles. The fourth-order valence-corrected chi connectivity index (χ4v) is 3.00. The Morgan fingerprint density at radius 1 is 1.37 bits per heavy atom. The summed E-state index contributed by atoms with van der Waals surface area (Å²) in [6.45, 7) is 2.03. The molecule has 1 aromatic carbocycles. The third kappa shape index (κ3) is 6.58. The topological polar surface area (TPSA) is 75.3 Å². The van der Waals surface area contributed by atoms with Gasteiger partial charge in [0.1, 0.15) is 9.84 Å². The predicted molar refractivity (Wildman–Crippen MR) is 78.7 cm³/mol. The van der Waals surface area contributed by atoms with Gasteiger partial charge < -0.3 is 10.6 Å². The average molecular weight is 349 g/mol. The smallest absolute Gasteiger partial charge is 0.315 e. The molecule has 1 rings (SSSR count). The van der Waals surface area contributed by atoms with Gasteiger partial charge in [-0.15, -0.1) is 0 Å². The van der Waals surface area contributed by atoms with Crippen molar-refractivity contribution in [2.75, 3.05) is 12.0 Å². The van der Waals surface area contributed by atoms with E-state index in [0.29, 0.717) is 6.54 Å². The second-order valence-electron chi connectivity index (χ2n) is 4.41. The molecule has 0 saturated carbocycles. The standard InChI is InChI=1S/C12H17BrN2O3S/c1-9(8-19(2,17)18)15-12(16)14-7-10-5-3-4-6-11(10)13/h3-6,9H,7-8H2,1-2H3,(H2,14,15,16)/t9-/m0/s1. The maximum Gasteiger partial charge on any atom is 0.315 e. The van der Waals surface area contributed by atoms with Crippen LogP contribution in [0.4, 0.5) is 4.79 Å². The van der Waals surface area contributed by atoms with Crippen LogP contribution in [-0.2, 0) is 16.4 Å². The Kier molecular flexibility index (Phi) is 5.81. The molecule has 0 radical (unpaired) electrons. The third-order valence-corrected chi connectivity index (χ3v) is 4.21. The van der Waals surface area contributed by atoms with Crippen molar-refractivity contribution in [2.45, 2.75) is 19.5 Å². The van der Waals surface area contributed by atoms with Crippen LogP contribution in [0.5, 0.6) is 0 Å². The molecule has 19 heavy (non-hydrogen) atoms. The van der Waals surface area contributed by atoms with Gasteiger partial charge in [0.2, 0.25) is 0 Å². The maximum atomic E-state index is 11.6. The van der Waals surface area contributed by atoms with Gasteiger partial charge in [-0.3, -0.25) is 0 Å². The summed E-state index contributed by atoms with van der Waals surface area (Å²) >= 11 is 3.39. The number of rotatable bonds is 5. The zero-order valence-electron chi connectivity index (χ0n) is 10.8. The number of carbonyl (C=O) groups is 1. The normalized spacial score (nSPS) is 12.8. The van der Waals surface area contributed by atoms with Crippen LogP contribution in [0.15, 0.2) is 28.7 Å². The van der Waals surface area contributed by atoms with Crippen LogP contribution in [0, 0.1) is 0 Å². The van der Waals surface area contributed by atoms with Crippen molar-refractivity contribution < 1.29 is 13.2 Å². The number of nitrogens with one attached hydrogen (secondary N) is 2. The van der Waals surface area contributed by atoms with Crippen molar-refractivity contribution in [1.82, 2.24) is 10.6 Å². The molecular weight excluding hydrogens is 332 g/mol. The molecule has 0 aliphatic rings. The highest BCUT2D eigenvalue weighted by Gasteiger charge is 2.12. The number of hydrogen-bond acceptors (Lipinski definition) is 3. The molecular formula is C12H17BrN2O3S. The second kappa shape index (κ2) is 6.91. The molecule has 7 heteroatoms. The van der Waals surface area contributed by atoms with Gasteiger partial charge in [0.15, 0.2) is 0 Å². The molecule has 0 bridgehead atoms. The highest BCUT2D eigenvalue weighted by Crippen LogP contribution is 2.15. The van der Waals surface area contributed by atoms with E-state index < -0.39 is 15.9 Å². The zero-order valence-corrected chi connectivity index (χ0v) is 13.2. The first-order chi connectivity index (χ1) is 8.78. The van der Waals surface area contributed by atoms with E-state index in [1.54, 1.807) is 6.92 Å². The van der Waals surface area contributed by atoms with Crippen LogP contribution in [-0.4, -0.2) is 32.5 Å². The van der Waals surface area contributed by atoms with E-state index in [2.05, 4.69) is 26.6 Å². The number of carbonyl (C=O) groups excluding carboxylic acids is 1. The number of hydrogen-bond donors (Lipinski definition) is 2. The molecule has 2 N–H and O–H groups in total. The van der Waals surface area contributed by atoms with E-state index in [0.717, 1.165) is 16.3 Å². The summed E-state index contributed by atoms with van der Waals surface area (Å²) in [7, 11) is -3.09. The van der Waals surface area contributed by atoms with Crippen molar-refractivity contribution in [3.8, 4) is 0 Å². The minimum atomic E-state index is -3.09. The van der Waals surface area contributed by atoms with Crippen molar-refractivity contribution in [1.29, 1.82) is 0 Å². The quantitative estimate of drug-likeness (QED) is 0.849. The first-order valence-electron chi connectivity index (χ1n) is 5.73. The van der Waals surface area contributed by atoms with Crippen molar-refractivity contribution in [2.24, 2.45) is 0 Å². The van der Waals surface area contributed by atoms with E-state index in [4.69, 9.17) is 0 Å². The van der Waals surface area contributed by atoms with Crippen LogP contribution in [0.2, 0.25) is 0 Å². The number of amides is 2. The monoisotopic (exact) mass is 348 g/mol. The summed E-state index contributed by atoms with van der Waals surface area (Å²) in [4.78, 5) is 11.6. The third-order valence-electron chi connectivity index (χ3n) is 2.33. The van der Waals surface area contributed by atoms with Gasteiger partial charge in [-0.05, 0) is 18.6 Å². The lowest BCUT2D eigenvalue weighted by Crippen LogP contribution is -2.43. The van der Waals surface area contributed by atoms with Crippen LogP contribution in [0.1, 0.15) is 12.5 Å². The molecule has 0 unspecified atom stereocenters. The van der Waals surface area contributed by atoms with E-state index >= 15 is 0 Å². The Morgan fingerprint density at radius 3 is 2.58 bits per heavy atom. The minimum Gasteiger partial charge on any atom is -0.335 e. The molecule has 106 valence electrons. The molecule has 0 spiro atoms. The second-order valence-corrected chi connectivity index (χ2v) is 7.45. The summed E-state index contributed by atoms with van der Waals surface area (Å²) in [5, 5.41) is 5.26. The number of sulfone groups is 1. The molecule has 1 atom stereocenters. The SMILES string of the molecule is C[C@@H](CS(C)(=O)=O)NC(=O)NCc1ccccc1Br. The van der Waals surface area contributed by atoms with Crippen LogP contribution in [0.3, 0.4) is 0 Å². The van der Waals surface area contributed by atoms with Crippen LogP contribution < -0.4 is 10.6 Å². The van der Waals surface area contributed by atoms with E-state index in [-0.39, 0.29) is 11.8 Å². The summed E-state index contributed by atoms with van der Waals surface area (Å²) in [6.07, 6.45) is 1.14. The maximum absolute atomic E-state index is 11.6. The molecule has 2 amide bonds. The number of benzene rings is 1. The van der Waals surface area contributed by atoms with Gasteiger partial charge in [-0.25, -0.2) is 13.2 Å². The molecule has 0 fully saturated rings. The Balaban J connectivity index is 2.42. The van der Waals surface area contributed by atoms with Gasteiger partial charge in [0.05, 0.1) is 5.75 Å². The van der Waals surface area contributed by atoms with Crippen LogP contribution >= 0.6 is 15.9 Å². The Morgan fingerprint density at radius 2 is 2.00 bits per heavy atom.